The summed E-state index contributed by atoms with van der Waals surface area (Å²) in [6.45, 7) is 0. The minimum absolute atomic E-state index is 0.0354. The topological polar surface area (TPSA) is 34.1 Å². The van der Waals surface area contributed by atoms with E-state index in [0.717, 1.165) is 73.9 Å². The summed E-state index contributed by atoms with van der Waals surface area (Å²) in [5.74, 6) is 1.39. The fourth-order valence-electron chi connectivity index (χ4n) is 9.98. The Morgan fingerprint density at radius 2 is 0.786 bits per heavy atom. The first kappa shape index (κ1) is 28.1. The van der Waals surface area contributed by atoms with Crippen LogP contribution in [-0.2, 0) is 21.9 Å². The van der Waals surface area contributed by atoms with Gasteiger partial charge in [-0.1, -0.05) is 24.3 Å². The van der Waals surface area contributed by atoms with E-state index in [9.17, 15) is 35.9 Å². The zero-order chi connectivity index (χ0) is 29.6. The van der Waals surface area contributed by atoms with Crippen molar-refractivity contribution in [3.05, 3.63) is 70.8 Å². The Morgan fingerprint density at radius 1 is 0.452 bits per heavy atom. The highest BCUT2D eigenvalue weighted by Crippen LogP contribution is 2.62. The second-order valence-corrected chi connectivity index (χ2v) is 13.6. The lowest BCUT2D eigenvalue weighted by Crippen LogP contribution is -2.35. The summed E-state index contributed by atoms with van der Waals surface area (Å²) < 4.78 is 78.2. The maximum absolute atomic E-state index is 13.8. The molecule has 0 amide bonds. The molecule has 8 heteroatoms. The van der Waals surface area contributed by atoms with Crippen LogP contribution in [0.1, 0.15) is 85.5 Å². The number of Topliss-reactive ketones (excluding diaryl/α,β-unsaturated/α-hetero) is 2. The first-order chi connectivity index (χ1) is 19.9. The molecule has 7 rings (SSSR count). The molecule has 0 heterocycles. The average molecular weight is 589 g/mol. The monoisotopic (exact) mass is 588 g/mol. The maximum Gasteiger partial charge on any atom is 0.416 e. The SMILES string of the molecule is O=C1C2CC(c3ccc(C(F)(F)F)cc3)CCC2C2CC3C(=O)C4CC(c5ccc(C(F)(F)F)cc5)CCC4C3CC12. The first-order valence-corrected chi connectivity index (χ1v) is 15.3. The van der Waals surface area contributed by atoms with E-state index in [1.807, 2.05) is 0 Å². The number of carbonyl (C=O) groups excluding carboxylic acids is 2. The standard InChI is InChI=1S/C34H34F6O2/c35-33(36,37)21-7-1-17(2-8-21)19-5-11-23-25-15-30-26(16-29(25)31(41)27(23)13-19)24-12-6-20(14-28(24)32(30)42)18-3-9-22(10-4-18)34(38,39)40/h1-4,7-10,19-20,23-30H,5-6,11-16H2. The minimum Gasteiger partial charge on any atom is -0.299 e. The van der Waals surface area contributed by atoms with Crippen molar-refractivity contribution < 1.29 is 35.9 Å². The molecule has 0 bridgehead atoms. The number of carbonyl (C=O) groups is 2. The van der Waals surface area contributed by atoms with E-state index in [4.69, 9.17) is 0 Å². The third-order valence-electron chi connectivity index (χ3n) is 11.9. The van der Waals surface area contributed by atoms with Crippen LogP contribution in [0.3, 0.4) is 0 Å². The molecule has 10 atom stereocenters. The number of hydrogen-bond donors (Lipinski definition) is 0. The molecule has 224 valence electrons. The number of halogens is 6. The van der Waals surface area contributed by atoms with Gasteiger partial charge in [-0.25, -0.2) is 0 Å². The quantitative estimate of drug-likeness (QED) is 0.329. The van der Waals surface area contributed by atoms with E-state index >= 15 is 0 Å². The molecule has 0 aliphatic heterocycles. The third kappa shape index (κ3) is 4.62. The van der Waals surface area contributed by atoms with Crippen LogP contribution in [-0.4, -0.2) is 11.6 Å². The lowest BCUT2D eigenvalue weighted by atomic mass is 9.63. The Hall–Kier alpha value is -2.64. The Labute approximate surface area is 241 Å². The molecular formula is C34H34F6O2. The highest BCUT2D eigenvalue weighted by molar-refractivity contribution is 5.90. The van der Waals surface area contributed by atoms with Crippen molar-refractivity contribution in [1.29, 1.82) is 0 Å². The summed E-state index contributed by atoms with van der Waals surface area (Å²) in [7, 11) is 0. The van der Waals surface area contributed by atoms with Crippen LogP contribution in [0.4, 0.5) is 26.3 Å². The van der Waals surface area contributed by atoms with Gasteiger partial charge in [-0.15, -0.1) is 0 Å². The van der Waals surface area contributed by atoms with E-state index in [1.54, 1.807) is 24.3 Å². The van der Waals surface area contributed by atoms with Crippen molar-refractivity contribution in [1.82, 2.24) is 0 Å². The largest absolute Gasteiger partial charge is 0.416 e. The van der Waals surface area contributed by atoms with Crippen molar-refractivity contribution >= 4 is 11.6 Å². The van der Waals surface area contributed by atoms with Gasteiger partial charge in [0.25, 0.3) is 0 Å². The Balaban J connectivity index is 1.03. The molecule has 0 saturated heterocycles. The van der Waals surface area contributed by atoms with Crippen molar-refractivity contribution in [3.8, 4) is 0 Å². The molecule has 2 aromatic rings. The van der Waals surface area contributed by atoms with Crippen molar-refractivity contribution in [3.63, 3.8) is 0 Å². The molecule has 5 aliphatic carbocycles. The van der Waals surface area contributed by atoms with Gasteiger partial charge < -0.3 is 0 Å². The van der Waals surface area contributed by atoms with E-state index < -0.39 is 23.5 Å². The van der Waals surface area contributed by atoms with Gasteiger partial charge in [-0.2, -0.15) is 26.3 Å². The Morgan fingerprint density at radius 3 is 1.12 bits per heavy atom. The van der Waals surface area contributed by atoms with Crippen LogP contribution in [0.15, 0.2) is 48.5 Å². The normalized spacial score (nSPS) is 38.0. The maximum atomic E-state index is 13.8. The summed E-state index contributed by atoms with van der Waals surface area (Å²) in [6.07, 6.45) is -2.50. The van der Waals surface area contributed by atoms with Crippen LogP contribution in [0.25, 0.3) is 0 Å². The Kier molecular flexibility index (Phi) is 6.67. The molecule has 0 aromatic heterocycles. The fraction of sp³-hybridized carbons (Fsp3) is 0.588. The van der Waals surface area contributed by atoms with Gasteiger partial charge in [0.2, 0.25) is 0 Å². The van der Waals surface area contributed by atoms with E-state index in [1.165, 1.54) is 0 Å². The van der Waals surface area contributed by atoms with Crippen molar-refractivity contribution in [2.75, 3.05) is 0 Å². The van der Waals surface area contributed by atoms with E-state index in [0.29, 0.717) is 24.4 Å². The molecule has 0 radical (unpaired) electrons. The van der Waals surface area contributed by atoms with Crippen LogP contribution in [0.2, 0.25) is 0 Å². The number of fused-ring (bicyclic) bond motifs is 6. The predicted octanol–water partition coefficient (Wildman–Crippen LogP) is 8.85. The molecule has 2 aromatic carbocycles. The number of hydrogen-bond acceptors (Lipinski definition) is 2. The smallest absolute Gasteiger partial charge is 0.299 e. The van der Waals surface area contributed by atoms with Gasteiger partial charge in [-0.05, 0) is 122 Å². The molecule has 5 saturated carbocycles. The predicted molar refractivity (Wildman–Crippen MR) is 143 cm³/mol. The molecule has 2 nitrogen and oxygen atoms in total. The van der Waals surface area contributed by atoms with Gasteiger partial charge in [0, 0.05) is 23.7 Å². The summed E-state index contributed by atoms with van der Waals surface area (Å²) in [6, 6.07) is 10.8. The number of benzene rings is 2. The van der Waals surface area contributed by atoms with E-state index in [-0.39, 0.29) is 59.2 Å². The Bertz CT molecular complexity index is 1250. The molecule has 10 unspecified atom stereocenters. The number of ketones is 2. The minimum atomic E-state index is -4.37. The second-order valence-electron chi connectivity index (χ2n) is 13.6. The first-order valence-electron chi connectivity index (χ1n) is 15.3. The highest BCUT2D eigenvalue weighted by atomic mass is 19.4. The number of rotatable bonds is 2. The molecular weight excluding hydrogens is 554 g/mol. The van der Waals surface area contributed by atoms with Gasteiger partial charge in [0.15, 0.2) is 0 Å². The van der Waals surface area contributed by atoms with Gasteiger partial charge >= 0.3 is 12.4 Å². The summed E-state index contributed by atoms with van der Waals surface area (Å²) >= 11 is 0. The summed E-state index contributed by atoms with van der Waals surface area (Å²) in [4.78, 5) is 27.6. The van der Waals surface area contributed by atoms with Crippen molar-refractivity contribution in [2.45, 2.75) is 75.6 Å². The van der Waals surface area contributed by atoms with E-state index in [2.05, 4.69) is 0 Å². The zero-order valence-electron chi connectivity index (χ0n) is 23.1. The summed E-state index contributed by atoms with van der Waals surface area (Å²) in [5.41, 5.74) is 0.407. The molecule has 0 N–H and O–H groups in total. The number of alkyl halides is 6. The van der Waals surface area contributed by atoms with Crippen LogP contribution in [0.5, 0.6) is 0 Å². The van der Waals surface area contributed by atoms with Gasteiger partial charge in [0.05, 0.1) is 11.1 Å². The zero-order valence-corrected chi connectivity index (χ0v) is 23.1. The van der Waals surface area contributed by atoms with Gasteiger partial charge in [-0.3, -0.25) is 9.59 Å². The lowest BCUT2D eigenvalue weighted by molar-refractivity contribution is -0.138. The molecule has 0 spiro atoms. The second kappa shape index (κ2) is 9.95. The molecule has 5 fully saturated rings. The van der Waals surface area contributed by atoms with Gasteiger partial charge in [0.1, 0.15) is 11.6 Å². The molecule has 42 heavy (non-hydrogen) atoms. The fourth-order valence-corrected chi connectivity index (χ4v) is 9.98. The lowest BCUT2D eigenvalue weighted by Gasteiger charge is -2.40. The summed E-state index contributed by atoms with van der Waals surface area (Å²) in [5, 5.41) is 0. The van der Waals surface area contributed by atoms with Crippen LogP contribution >= 0.6 is 0 Å². The average Bonchev–Trinajstić information content (AvgIpc) is 3.41. The highest BCUT2D eigenvalue weighted by Gasteiger charge is 2.61. The molecule has 5 aliphatic rings. The third-order valence-corrected chi connectivity index (χ3v) is 11.9. The van der Waals surface area contributed by atoms with Crippen molar-refractivity contribution in [2.24, 2.45) is 47.3 Å². The van der Waals surface area contributed by atoms with Crippen LogP contribution < -0.4 is 0 Å². The van der Waals surface area contributed by atoms with Crippen LogP contribution in [0, 0.1) is 47.3 Å².